The molecule has 0 radical (unpaired) electrons. The van der Waals surface area contributed by atoms with Gasteiger partial charge in [0, 0.05) is 35.6 Å². The van der Waals surface area contributed by atoms with Crippen molar-refractivity contribution in [2.24, 2.45) is 0 Å². The van der Waals surface area contributed by atoms with Crippen molar-refractivity contribution in [3.8, 4) is 5.75 Å². The van der Waals surface area contributed by atoms with E-state index in [0.717, 1.165) is 28.1 Å². The number of para-hydroxylation sites is 1. The molecule has 1 heterocycles. The standard InChI is InChI=1S/C25H27NO3/c1-15(2)29-23-7-5-4-6-19(23)20-14-24(28)26-21-12-18(13-22(27)25(20)21)17-10-8-16(3)9-11-17/h4-11,15,18,20H,12-14H2,1-3H3,(H,26,28). The first-order valence-electron chi connectivity index (χ1n) is 10.3. The quantitative estimate of drug-likeness (QED) is 0.818. The van der Waals surface area contributed by atoms with Gasteiger partial charge < -0.3 is 10.1 Å². The number of aryl methyl sites for hydroxylation is 1. The number of carbonyl (C=O) groups is 2. The number of amides is 1. The third kappa shape index (κ3) is 3.98. The number of nitrogens with one attached hydrogen (secondary N) is 1. The Hall–Kier alpha value is -2.88. The zero-order valence-electron chi connectivity index (χ0n) is 17.2. The van der Waals surface area contributed by atoms with Gasteiger partial charge in [-0.15, -0.1) is 0 Å². The van der Waals surface area contributed by atoms with Gasteiger partial charge >= 0.3 is 0 Å². The van der Waals surface area contributed by atoms with E-state index in [1.807, 2.05) is 38.1 Å². The highest BCUT2D eigenvalue weighted by Crippen LogP contribution is 2.44. The molecule has 2 unspecified atom stereocenters. The van der Waals surface area contributed by atoms with Crippen molar-refractivity contribution < 1.29 is 14.3 Å². The molecule has 4 heteroatoms. The summed E-state index contributed by atoms with van der Waals surface area (Å²) in [6.07, 6.45) is 1.45. The number of rotatable bonds is 4. The molecule has 1 N–H and O–H groups in total. The summed E-state index contributed by atoms with van der Waals surface area (Å²) in [5.41, 5.74) is 4.81. The van der Waals surface area contributed by atoms with Crippen molar-refractivity contribution in [3.05, 3.63) is 76.5 Å². The van der Waals surface area contributed by atoms with E-state index in [2.05, 4.69) is 36.5 Å². The largest absolute Gasteiger partial charge is 0.491 e. The Labute approximate surface area is 172 Å². The van der Waals surface area contributed by atoms with Crippen molar-refractivity contribution >= 4 is 11.7 Å². The molecular weight excluding hydrogens is 362 g/mol. The minimum Gasteiger partial charge on any atom is -0.491 e. The smallest absolute Gasteiger partial charge is 0.225 e. The van der Waals surface area contributed by atoms with Gasteiger partial charge in [-0.25, -0.2) is 0 Å². The third-order valence-electron chi connectivity index (χ3n) is 5.74. The van der Waals surface area contributed by atoms with E-state index in [9.17, 15) is 9.59 Å². The van der Waals surface area contributed by atoms with Gasteiger partial charge in [0.25, 0.3) is 0 Å². The molecule has 1 aliphatic heterocycles. The van der Waals surface area contributed by atoms with Crippen LogP contribution in [0, 0.1) is 6.92 Å². The maximum atomic E-state index is 13.3. The van der Waals surface area contributed by atoms with E-state index in [1.165, 1.54) is 5.56 Å². The number of carbonyl (C=O) groups excluding carboxylic acids is 2. The van der Waals surface area contributed by atoms with Crippen LogP contribution < -0.4 is 10.1 Å². The van der Waals surface area contributed by atoms with Crippen molar-refractivity contribution in [2.75, 3.05) is 0 Å². The number of allylic oxidation sites excluding steroid dienone is 2. The highest BCUT2D eigenvalue weighted by Gasteiger charge is 2.39. The molecule has 150 valence electrons. The lowest BCUT2D eigenvalue weighted by Crippen LogP contribution is -2.38. The molecule has 29 heavy (non-hydrogen) atoms. The zero-order valence-corrected chi connectivity index (χ0v) is 17.2. The Bertz CT molecular complexity index is 972. The maximum Gasteiger partial charge on any atom is 0.225 e. The summed E-state index contributed by atoms with van der Waals surface area (Å²) in [6, 6.07) is 16.1. The zero-order chi connectivity index (χ0) is 20.5. The molecule has 2 atom stereocenters. The van der Waals surface area contributed by atoms with Gasteiger partial charge in [-0.2, -0.15) is 0 Å². The van der Waals surface area contributed by atoms with E-state index < -0.39 is 0 Å². The van der Waals surface area contributed by atoms with Crippen LogP contribution in [0.1, 0.15) is 61.6 Å². The van der Waals surface area contributed by atoms with Crippen LogP contribution in [0.15, 0.2) is 59.8 Å². The van der Waals surface area contributed by atoms with Crippen LogP contribution in [0.5, 0.6) is 5.75 Å². The molecule has 0 saturated carbocycles. The number of benzene rings is 2. The van der Waals surface area contributed by atoms with Gasteiger partial charge in [-0.3, -0.25) is 9.59 Å². The topological polar surface area (TPSA) is 55.4 Å². The minimum atomic E-state index is -0.250. The monoisotopic (exact) mass is 389 g/mol. The normalized spacial score (nSPS) is 21.8. The molecule has 1 aliphatic carbocycles. The molecule has 0 saturated heterocycles. The van der Waals surface area contributed by atoms with Gasteiger partial charge in [0.1, 0.15) is 5.75 Å². The van der Waals surface area contributed by atoms with Crippen molar-refractivity contribution in [3.63, 3.8) is 0 Å². The van der Waals surface area contributed by atoms with Crippen LogP contribution in [0.4, 0.5) is 0 Å². The van der Waals surface area contributed by atoms with Crippen LogP contribution in [0.3, 0.4) is 0 Å². The van der Waals surface area contributed by atoms with Crippen LogP contribution in [0.25, 0.3) is 0 Å². The predicted molar refractivity (Wildman–Crippen MR) is 113 cm³/mol. The lowest BCUT2D eigenvalue weighted by molar-refractivity contribution is -0.122. The first kappa shape index (κ1) is 19.4. The van der Waals surface area contributed by atoms with Gasteiger partial charge in [-0.05, 0) is 44.7 Å². The fourth-order valence-corrected chi connectivity index (χ4v) is 4.43. The van der Waals surface area contributed by atoms with Gasteiger partial charge in [0.2, 0.25) is 5.91 Å². The molecular formula is C25H27NO3. The van der Waals surface area contributed by atoms with Crippen LogP contribution >= 0.6 is 0 Å². The molecule has 4 nitrogen and oxygen atoms in total. The highest BCUT2D eigenvalue weighted by atomic mass is 16.5. The summed E-state index contributed by atoms with van der Waals surface area (Å²) in [4.78, 5) is 25.8. The molecule has 0 spiro atoms. The number of ketones is 1. The van der Waals surface area contributed by atoms with Crippen molar-refractivity contribution in [1.82, 2.24) is 5.32 Å². The van der Waals surface area contributed by atoms with Crippen LogP contribution in [-0.4, -0.2) is 17.8 Å². The first-order chi connectivity index (χ1) is 13.9. The average Bonchev–Trinajstić information content (AvgIpc) is 2.67. The molecule has 4 rings (SSSR count). The average molecular weight is 389 g/mol. The molecule has 2 aromatic rings. The summed E-state index contributed by atoms with van der Waals surface area (Å²) in [5, 5.41) is 3.00. The van der Waals surface area contributed by atoms with E-state index in [4.69, 9.17) is 4.74 Å². The summed E-state index contributed by atoms with van der Waals surface area (Å²) in [7, 11) is 0. The molecule has 0 bridgehead atoms. The van der Waals surface area contributed by atoms with E-state index in [1.54, 1.807) is 0 Å². The SMILES string of the molecule is Cc1ccc(C2CC(=O)C3=C(C2)NC(=O)CC3c2ccccc2OC(C)C)cc1. The Morgan fingerprint density at radius 3 is 2.41 bits per heavy atom. The van der Waals surface area contributed by atoms with E-state index >= 15 is 0 Å². The second-order valence-electron chi connectivity index (χ2n) is 8.34. The number of Topliss-reactive ketones (excluding diaryl/α,β-unsaturated/α-hetero) is 1. The number of ether oxygens (including phenoxy) is 1. The molecule has 1 amide bonds. The lowest BCUT2D eigenvalue weighted by Gasteiger charge is -2.35. The van der Waals surface area contributed by atoms with E-state index in [0.29, 0.717) is 12.8 Å². The maximum absolute atomic E-state index is 13.3. The lowest BCUT2D eigenvalue weighted by atomic mass is 9.73. The Kier molecular flexibility index (Phi) is 5.27. The molecule has 2 aliphatic rings. The predicted octanol–water partition coefficient (Wildman–Crippen LogP) is 4.79. The molecule has 0 aromatic heterocycles. The first-order valence-corrected chi connectivity index (χ1v) is 10.3. The van der Waals surface area contributed by atoms with Gasteiger partial charge in [0.05, 0.1) is 6.10 Å². The Morgan fingerprint density at radius 2 is 1.69 bits per heavy atom. The summed E-state index contributed by atoms with van der Waals surface area (Å²) >= 11 is 0. The van der Waals surface area contributed by atoms with Crippen LogP contribution in [0.2, 0.25) is 0 Å². The van der Waals surface area contributed by atoms with Crippen molar-refractivity contribution in [2.45, 2.75) is 58.0 Å². The fourth-order valence-electron chi connectivity index (χ4n) is 4.43. The number of hydrogen-bond donors (Lipinski definition) is 1. The molecule has 0 fully saturated rings. The molecule has 2 aromatic carbocycles. The second kappa shape index (κ2) is 7.86. The van der Waals surface area contributed by atoms with Crippen molar-refractivity contribution in [1.29, 1.82) is 0 Å². The summed E-state index contributed by atoms with van der Waals surface area (Å²) in [5.74, 6) is 0.692. The fraction of sp³-hybridized carbons (Fsp3) is 0.360. The van der Waals surface area contributed by atoms with Crippen LogP contribution in [-0.2, 0) is 9.59 Å². The Balaban J connectivity index is 1.72. The second-order valence-corrected chi connectivity index (χ2v) is 8.34. The minimum absolute atomic E-state index is 0.0231. The third-order valence-corrected chi connectivity index (χ3v) is 5.74. The number of hydrogen-bond acceptors (Lipinski definition) is 3. The summed E-state index contributed by atoms with van der Waals surface area (Å²) < 4.78 is 5.98. The highest BCUT2D eigenvalue weighted by molar-refractivity contribution is 6.02. The van der Waals surface area contributed by atoms with Gasteiger partial charge in [-0.1, -0.05) is 48.0 Å². The van der Waals surface area contributed by atoms with Gasteiger partial charge in [0.15, 0.2) is 5.78 Å². The van der Waals surface area contributed by atoms with E-state index in [-0.39, 0.29) is 36.1 Å². The Morgan fingerprint density at radius 1 is 0.966 bits per heavy atom. The summed E-state index contributed by atoms with van der Waals surface area (Å²) in [6.45, 7) is 6.01.